The smallest absolute Gasteiger partial charge is 0.150 e. The number of benzene rings is 2. The molecule has 0 unspecified atom stereocenters. The lowest BCUT2D eigenvalue weighted by molar-refractivity contribution is 0.543. The van der Waals surface area contributed by atoms with E-state index in [2.05, 4.69) is 5.32 Å². The average molecular weight is 286 g/mol. The van der Waals surface area contributed by atoms with Gasteiger partial charge < -0.3 is 5.32 Å². The fourth-order valence-corrected chi connectivity index (χ4v) is 2.11. The van der Waals surface area contributed by atoms with E-state index < -0.39 is 11.6 Å². The van der Waals surface area contributed by atoms with Crippen LogP contribution in [-0.4, -0.2) is 6.54 Å². The minimum atomic E-state index is -0.754. The summed E-state index contributed by atoms with van der Waals surface area (Å²) in [5.74, 6) is -1.51. The van der Waals surface area contributed by atoms with Crippen LogP contribution >= 0.6 is 0 Å². The number of nitriles is 1. The van der Waals surface area contributed by atoms with Crippen LogP contribution in [0.3, 0.4) is 0 Å². The maximum Gasteiger partial charge on any atom is 0.150 e. The van der Waals surface area contributed by atoms with Gasteiger partial charge in [-0.05, 0) is 17.7 Å². The van der Waals surface area contributed by atoms with Crippen molar-refractivity contribution in [3.63, 3.8) is 0 Å². The molecule has 2 rings (SSSR count). The van der Waals surface area contributed by atoms with Crippen molar-refractivity contribution in [2.45, 2.75) is 19.3 Å². The van der Waals surface area contributed by atoms with Crippen molar-refractivity contribution >= 4 is 5.69 Å². The first-order valence-electron chi connectivity index (χ1n) is 6.62. The van der Waals surface area contributed by atoms with E-state index in [0.29, 0.717) is 6.54 Å². The minimum Gasteiger partial charge on any atom is -0.379 e. The van der Waals surface area contributed by atoms with Gasteiger partial charge in [-0.2, -0.15) is 5.26 Å². The summed E-state index contributed by atoms with van der Waals surface area (Å²) in [6, 6.07) is 13.5. The van der Waals surface area contributed by atoms with Gasteiger partial charge in [-0.1, -0.05) is 44.2 Å². The molecule has 0 saturated carbocycles. The fourth-order valence-electron chi connectivity index (χ4n) is 2.11. The van der Waals surface area contributed by atoms with Gasteiger partial charge in [0.1, 0.15) is 5.69 Å². The van der Waals surface area contributed by atoms with Crippen molar-refractivity contribution < 1.29 is 8.78 Å². The Bertz CT molecular complexity index is 650. The van der Waals surface area contributed by atoms with Gasteiger partial charge in [0.25, 0.3) is 0 Å². The largest absolute Gasteiger partial charge is 0.379 e. The number of hydrogen-bond acceptors (Lipinski definition) is 2. The third kappa shape index (κ3) is 3.38. The van der Waals surface area contributed by atoms with E-state index in [1.807, 2.05) is 44.2 Å². The molecule has 2 aromatic rings. The summed E-state index contributed by atoms with van der Waals surface area (Å²) in [5.41, 5.74) is 0.566. The molecule has 0 aliphatic heterocycles. The highest BCUT2D eigenvalue weighted by Crippen LogP contribution is 2.26. The predicted molar refractivity (Wildman–Crippen MR) is 79.0 cm³/mol. The molecule has 1 N–H and O–H groups in total. The topological polar surface area (TPSA) is 35.8 Å². The van der Waals surface area contributed by atoms with Crippen LogP contribution in [-0.2, 0) is 5.41 Å². The number of hydrogen-bond donors (Lipinski definition) is 1. The van der Waals surface area contributed by atoms with Crippen LogP contribution in [0, 0.1) is 23.0 Å². The summed E-state index contributed by atoms with van der Waals surface area (Å²) in [5, 5.41) is 11.5. The van der Waals surface area contributed by atoms with E-state index in [-0.39, 0.29) is 16.7 Å². The van der Waals surface area contributed by atoms with E-state index in [4.69, 9.17) is 5.26 Å². The maximum absolute atomic E-state index is 13.8. The third-order valence-electron chi connectivity index (χ3n) is 3.43. The average Bonchev–Trinajstić information content (AvgIpc) is 2.47. The monoisotopic (exact) mass is 286 g/mol. The van der Waals surface area contributed by atoms with Crippen molar-refractivity contribution in [2.24, 2.45) is 0 Å². The number of halogens is 2. The van der Waals surface area contributed by atoms with Crippen LogP contribution in [0.2, 0.25) is 0 Å². The normalized spacial score (nSPS) is 11.0. The zero-order valence-electron chi connectivity index (χ0n) is 12.0. The Balaban J connectivity index is 2.19. The highest BCUT2D eigenvalue weighted by atomic mass is 19.1. The van der Waals surface area contributed by atoms with Crippen molar-refractivity contribution in [2.75, 3.05) is 11.9 Å². The molecule has 21 heavy (non-hydrogen) atoms. The molecule has 0 spiro atoms. The number of rotatable bonds is 4. The Morgan fingerprint density at radius 2 is 1.67 bits per heavy atom. The number of nitrogens with one attached hydrogen (secondary N) is 1. The second kappa shape index (κ2) is 5.92. The van der Waals surface area contributed by atoms with E-state index >= 15 is 0 Å². The maximum atomic E-state index is 13.8. The summed E-state index contributed by atoms with van der Waals surface area (Å²) >= 11 is 0. The minimum absolute atomic E-state index is 0.0298. The number of anilines is 1. The fraction of sp³-hybridized carbons (Fsp3) is 0.235. The summed E-state index contributed by atoms with van der Waals surface area (Å²) in [7, 11) is 0. The zero-order valence-corrected chi connectivity index (χ0v) is 12.0. The third-order valence-corrected chi connectivity index (χ3v) is 3.43. The molecule has 0 atom stereocenters. The molecule has 2 nitrogen and oxygen atoms in total. The van der Waals surface area contributed by atoms with Crippen LogP contribution in [0.5, 0.6) is 0 Å². The molecule has 0 saturated heterocycles. The predicted octanol–water partition coefficient (Wildman–Crippen LogP) is 4.23. The molecule has 2 aromatic carbocycles. The summed E-state index contributed by atoms with van der Waals surface area (Å²) in [4.78, 5) is 0. The molecule has 0 fully saturated rings. The molecule has 0 aliphatic rings. The van der Waals surface area contributed by atoms with Gasteiger partial charge in [0.05, 0.1) is 11.6 Å². The van der Waals surface area contributed by atoms with Crippen molar-refractivity contribution in [3.8, 4) is 6.07 Å². The molecule has 4 heteroatoms. The van der Waals surface area contributed by atoms with Crippen molar-refractivity contribution in [3.05, 3.63) is 65.2 Å². The first kappa shape index (κ1) is 15.0. The Morgan fingerprint density at radius 3 is 2.19 bits per heavy atom. The highest BCUT2D eigenvalue weighted by Gasteiger charge is 2.21. The van der Waals surface area contributed by atoms with E-state index in [1.165, 1.54) is 0 Å². The van der Waals surface area contributed by atoms with Gasteiger partial charge in [0.2, 0.25) is 0 Å². The van der Waals surface area contributed by atoms with Gasteiger partial charge in [0.15, 0.2) is 11.6 Å². The molecule has 0 radical (unpaired) electrons. The van der Waals surface area contributed by atoms with Crippen LogP contribution in [0.4, 0.5) is 14.5 Å². The first-order valence-corrected chi connectivity index (χ1v) is 6.62. The molecular formula is C17H16F2N2. The van der Waals surface area contributed by atoms with Gasteiger partial charge in [-0.3, -0.25) is 0 Å². The molecular weight excluding hydrogens is 270 g/mol. The van der Waals surface area contributed by atoms with Crippen LogP contribution < -0.4 is 5.32 Å². The Labute approximate surface area is 123 Å². The van der Waals surface area contributed by atoms with Crippen molar-refractivity contribution in [1.29, 1.82) is 5.26 Å². The van der Waals surface area contributed by atoms with E-state index in [1.54, 1.807) is 6.07 Å². The van der Waals surface area contributed by atoms with Gasteiger partial charge in [0, 0.05) is 12.0 Å². The summed E-state index contributed by atoms with van der Waals surface area (Å²) in [6.07, 6.45) is 0. The molecule has 0 heterocycles. The molecule has 108 valence electrons. The lowest BCUT2D eigenvalue weighted by Gasteiger charge is -2.26. The van der Waals surface area contributed by atoms with E-state index in [0.717, 1.165) is 17.7 Å². The second-order valence-corrected chi connectivity index (χ2v) is 5.53. The van der Waals surface area contributed by atoms with Gasteiger partial charge >= 0.3 is 0 Å². The Morgan fingerprint density at radius 1 is 1.10 bits per heavy atom. The van der Waals surface area contributed by atoms with Crippen LogP contribution in [0.15, 0.2) is 42.5 Å². The number of nitrogens with zero attached hydrogens (tertiary/aromatic N) is 1. The summed E-state index contributed by atoms with van der Waals surface area (Å²) in [6.45, 7) is 4.36. The SMILES string of the molecule is CC(C)(CNc1c(F)cc(C#N)cc1F)c1ccccc1. The lowest BCUT2D eigenvalue weighted by atomic mass is 9.84. The van der Waals surface area contributed by atoms with Crippen LogP contribution in [0.1, 0.15) is 25.0 Å². The first-order chi connectivity index (χ1) is 9.94. The molecule has 0 aromatic heterocycles. The Hall–Kier alpha value is -2.41. The zero-order chi connectivity index (χ0) is 15.5. The molecule has 0 bridgehead atoms. The quantitative estimate of drug-likeness (QED) is 0.913. The van der Waals surface area contributed by atoms with Gasteiger partial charge in [-0.15, -0.1) is 0 Å². The van der Waals surface area contributed by atoms with Crippen LogP contribution in [0.25, 0.3) is 0 Å². The lowest BCUT2D eigenvalue weighted by Crippen LogP contribution is -2.28. The van der Waals surface area contributed by atoms with E-state index in [9.17, 15) is 8.78 Å². The Kier molecular flexibility index (Phi) is 4.23. The molecule has 0 aliphatic carbocycles. The van der Waals surface area contributed by atoms with Gasteiger partial charge in [-0.25, -0.2) is 8.78 Å². The van der Waals surface area contributed by atoms with Crippen molar-refractivity contribution in [1.82, 2.24) is 0 Å². The second-order valence-electron chi connectivity index (χ2n) is 5.53. The standard InChI is InChI=1S/C17H16F2N2/c1-17(2,13-6-4-3-5-7-13)11-21-16-14(18)8-12(10-20)9-15(16)19/h3-9,21H,11H2,1-2H3. The summed E-state index contributed by atoms with van der Waals surface area (Å²) < 4.78 is 27.6. The molecule has 0 amide bonds. The highest BCUT2D eigenvalue weighted by molar-refractivity contribution is 5.51.